The molecule has 1 fully saturated rings. The first-order valence-corrected chi connectivity index (χ1v) is 7.00. The molecule has 1 unspecified atom stereocenters. The Morgan fingerprint density at radius 1 is 1.37 bits per heavy atom. The van der Waals surface area contributed by atoms with E-state index in [1.165, 1.54) is 5.69 Å². The van der Waals surface area contributed by atoms with Crippen molar-refractivity contribution in [3.8, 4) is 0 Å². The number of nitrogens with zero attached hydrogens (tertiary/aromatic N) is 2. The molecule has 1 atom stereocenters. The predicted octanol–water partition coefficient (Wildman–Crippen LogP) is 2.08. The number of halogens is 1. The molecule has 1 aliphatic rings. The Labute approximate surface area is 115 Å². The zero-order chi connectivity index (χ0) is 13.8. The van der Waals surface area contributed by atoms with Gasteiger partial charge < -0.3 is 15.1 Å². The van der Waals surface area contributed by atoms with Crippen molar-refractivity contribution >= 4 is 5.69 Å². The van der Waals surface area contributed by atoms with Gasteiger partial charge in [-0.1, -0.05) is 0 Å². The van der Waals surface area contributed by atoms with Crippen LogP contribution in [-0.2, 0) is 6.54 Å². The molecule has 19 heavy (non-hydrogen) atoms. The molecular formula is C15H24FN3. The molecule has 1 saturated heterocycles. The average Bonchev–Trinajstić information content (AvgIpc) is 2.51. The molecule has 0 aromatic heterocycles. The van der Waals surface area contributed by atoms with Gasteiger partial charge in [-0.2, -0.15) is 0 Å². The van der Waals surface area contributed by atoms with Crippen LogP contribution in [0, 0.1) is 5.82 Å². The molecule has 0 saturated carbocycles. The van der Waals surface area contributed by atoms with Gasteiger partial charge in [-0.25, -0.2) is 4.39 Å². The van der Waals surface area contributed by atoms with E-state index in [9.17, 15) is 4.39 Å². The fraction of sp³-hybridized carbons (Fsp3) is 0.600. The SMILES string of the molecule is CNCc1cc(F)ccc1N1CCCN(C)CC1C. The first kappa shape index (κ1) is 14.3. The van der Waals surface area contributed by atoms with Crippen LogP contribution in [0.4, 0.5) is 10.1 Å². The van der Waals surface area contributed by atoms with E-state index in [1.54, 1.807) is 12.1 Å². The molecular weight excluding hydrogens is 241 g/mol. The molecule has 106 valence electrons. The molecule has 1 aromatic carbocycles. The topological polar surface area (TPSA) is 18.5 Å². The predicted molar refractivity (Wildman–Crippen MR) is 78.1 cm³/mol. The van der Waals surface area contributed by atoms with Crippen LogP contribution in [0.3, 0.4) is 0 Å². The van der Waals surface area contributed by atoms with Gasteiger partial charge in [0.05, 0.1) is 0 Å². The van der Waals surface area contributed by atoms with Gasteiger partial charge in [-0.15, -0.1) is 0 Å². The molecule has 0 bridgehead atoms. The molecule has 4 heteroatoms. The standard InChI is InChI=1S/C15H24FN3/c1-12-11-18(3)7-4-8-19(12)15-6-5-14(16)9-13(15)10-17-2/h5-6,9,12,17H,4,7-8,10-11H2,1-3H3. The third-order valence-electron chi connectivity index (χ3n) is 3.77. The Morgan fingerprint density at radius 3 is 2.89 bits per heavy atom. The van der Waals surface area contributed by atoms with Crippen LogP contribution in [0.25, 0.3) is 0 Å². The lowest BCUT2D eigenvalue weighted by Crippen LogP contribution is -2.38. The van der Waals surface area contributed by atoms with E-state index in [1.807, 2.05) is 13.1 Å². The number of benzene rings is 1. The van der Waals surface area contributed by atoms with Crippen molar-refractivity contribution in [2.75, 3.05) is 38.6 Å². The second-order valence-electron chi connectivity index (χ2n) is 5.46. The first-order chi connectivity index (χ1) is 9.11. The Kier molecular flexibility index (Phi) is 4.77. The lowest BCUT2D eigenvalue weighted by molar-refractivity contribution is 0.337. The van der Waals surface area contributed by atoms with Crippen molar-refractivity contribution < 1.29 is 4.39 Å². The highest BCUT2D eigenvalue weighted by atomic mass is 19.1. The van der Waals surface area contributed by atoms with Crippen molar-refractivity contribution in [2.24, 2.45) is 0 Å². The molecule has 0 spiro atoms. The smallest absolute Gasteiger partial charge is 0.123 e. The number of hydrogen-bond donors (Lipinski definition) is 1. The summed E-state index contributed by atoms with van der Waals surface area (Å²) < 4.78 is 13.4. The van der Waals surface area contributed by atoms with Crippen LogP contribution in [0.2, 0.25) is 0 Å². The van der Waals surface area contributed by atoms with Crippen LogP contribution < -0.4 is 10.2 Å². The van der Waals surface area contributed by atoms with Crippen LogP contribution >= 0.6 is 0 Å². The first-order valence-electron chi connectivity index (χ1n) is 7.00. The van der Waals surface area contributed by atoms with E-state index in [-0.39, 0.29) is 5.82 Å². The Balaban J connectivity index is 2.28. The third kappa shape index (κ3) is 3.45. The van der Waals surface area contributed by atoms with E-state index < -0.39 is 0 Å². The van der Waals surface area contributed by atoms with Crippen molar-refractivity contribution in [1.82, 2.24) is 10.2 Å². The molecule has 1 aliphatic heterocycles. The molecule has 1 N–H and O–H groups in total. The zero-order valence-electron chi connectivity index (χ0n) is 12.1. The maximum Gasteiger partial charge on any atom is 0.123 e. The number of likely N-dealkylation sites (N-methyl/N-ethyl adjacent to an activating group) is 1. The van der Waals surface area contributed by atoms with Gasteiger partial charge >= 0.3 is 0 Å². The largest absolute Gasteiger partial charge is 0.367 e. The maximum absolute atomic E-state index is 13.4. The van der Waals surface area contributed by atoms with Crippen molar-refractivity contribution in [3.63, 3.8) is 0 Å². The van der Waals surface area contributed by atoms with E-state index in [4.69, 9.17) is 0 Å². The number of nitrogens with one attached hydrogen (secondary N) is 1. The molecule has 0 aliphatic carbocycles. The maximum atomic E-state index is 13.4. The summed E-state index contributed by atoms with van der Waals surface area (Å²) in [6.45, 7) is 6.16. The van der Waals surface area contributed by atoms with E-state index in [2.05, 4.69) is 29.1 Å². The Hall–Kier alpha value is -1.13. The lowest BCUT2D eigenvalue weighted by Gasteiger charge is -2.32. The van der Waals surface area contributed by atoms with Gasteiger partial charge in [0, 0.05) is 31.4 Å². The number of rotatable bonds is 3. The zero-order valence-corrected chi connectivity index (χ0v) is 12.1. The summed E-state index contributed by atoms with van der Waals surface area (Å²) in [7, 11) is 4.06. The van der Waals surface area contributed by atoms with Crippen LogP contribution in [-0.4, -0.2) is 44.7 Å². The van der Waals surface area contributed by atoms with Crippen LogP contribution in [0.1, 0.15) is 18.9 Å². The Morgan fingerprint density at radius 2 is 2.16 bits per heavy atom. The summed E-state index contributed by atoms with van der Waals surface area (Å²) in [6.07, 6.45) is 1.15. The molecule has 1 heterocycles. The monoisotopic (exact) mass is 265 g/mol. The summed E-state index contributed by atoms with van der Waals surface area (Å²) in [5.41, 5.74) is 2.21. The van der Waals surface area contributed by atoms with Crippen molar-refractivity contribution in [3.05, 3.63) is 29.6 Å². The molecule has 2 rings (SSSR count). The summed E-state index contributed by atoms with van der Waals surface area (Å²) in [5.74, 6) is -0.159. The fourth-order valence-corrected chi connectivity index (χ4v) is 2.90. The van der Waals surface area contributed by atoms with Gasteiger partial charge in [-0.05, 0) is 57.7 Å². The van der Waals surface area contributed by atoms with Gasteiger partial charge in [-0.3, -0.25) is 0 Å². The molecule has 1 aromatic rings. The number of anilines is 1. The van der Waals surface area contributed by atoms with Crippen LogP contribution in [0.15, 0.2) is 18.2 Å². The minimum atomic E-state index is -0.159. The van der Waals surface area contributed by atoms with E-state index in [0.717, 1.165) is 31.6 Å². The highest BCUT2D eigenvalue weighted by Gasteiger charge is 2.21. The normalized spacial score (nSPS) is 21.5. The van der Waals surface area contributed by atoms with Crippen molar-refractivity contribution in [2.45, 2.75) is 25.9 Å². The lowest BCUT2D eigenvalue weighted by atomic mass is 10.1. The van der Waals surface area contributed by atoms with Gasteiger partial charge in [0.2, 0.25) is 0 Å². The second kappa shape index (κ2) is 6.35. The highest BCUT2D eigenvalue weighted by molar-refractivity contribution is 5.55. The fourth-order valence-electron chi connectivity index (χ4n) is 2.90. The quantitative estimate of drug-likeness (QED) is 0.902. The highest BCUT2D eigenvalue weighted by Crippen LogP contribution is 2.25. The minimum absolute atomic E-state index is 0.159. The summed E-state index contributed by atoms with van der Waals surface area (Å²) in [6, 6.07) is 5.58. The average molecular weight is 265 g/mol. The molecule has 0 amide bonds. The van der Waals surface area contributed by atoms with E-state index >= 15 is 0 Å². The third-order valence-corrected chi connectivity index (χ3v) is 3.77. The van der Waals surface area contributed by atoms with Gasteiger partial charge in [0.15, 0.2) is 0 Å². The van der Waals surface area contributed by atoms with E-state index in [0.29, 0.717) is 12.6 Å². The summed E-state index contributed by atoms with van der Waals surface area (Å²) in [4.78, 5) is 4.78. The van der Waals surface area contributed by atoms with Gasteiger partial charge in [0.1, 0.15) is 5.82 Å². The number of hydrogen-bond acceptors (Lipinski definition) is 3. The Bertz CT molecular complexity index is 422. The molecule has 0 radical (unpaired) electrons. The van der Waals surface area contributed by atoms with Crippen molar-refractivity contribution in [1.29, 1.82) is 0 Å². The van der Waals surface area contributed by atoms with Crippen LogP contribution in [0.5, 0.6) is 0 Å². The summed E-state index contributed by atoms with van der Waals surface area (Å²) >= 11 is 0. The second-order valence-corrected chi connectivity index (χ2v) is 5.46. The minimum Gasteiger partial charge on any atom is -0.367 e. The summed E-state index contributed by atoms with van der Waals surface area (Å²) in [5, 5.41) is 3.13. The molecule has 3 nitrogen and oxygen atoms in total. The van der Waals surface area contributed by atoms with Gasteiger partial charge in [0.25, 0.3) is 0 Å².